The van der Waals surface area contributed by atoms with Crippen molar-refractivity contribution in [1.82, 2.24) is 9.88 Å². The van der Waals surface area contributed by atoms with Crippen molar-refractivity contribution >= 4 is 5.91 Å². The smallest absolute Gasteiger partial charge is 0.259 e. The zero-order chi connectivity index (χ0) is 12.0. The Labute approximate surface area is 95.3 Å². The SMILES string of the molecule is CCCCN(CC)C(=O)c1c[nH]ccc1=O. The molecule has 4 heteroatoms. The summed E-state index contributed by atoms with van der Waals surface area (Å²) in [6.45, 7) is 5.34. The van der Waals surface area contributed by atoms with E-state index in [4.69, 9.17) is 0 Å². The molecule has 0 radical (unpaired) electrons. The van der Waals surface area contributed by atoms with Gasteiger partial charge in [0.1, 0.15) is 5.56 Å². The van der Waals surface area contributed by atoms with E-state index in [9.17, 15) is 9.59 Å². The van der Waals surface area contributed by atoms with Gasteiger partial charge >= 0.3 is 0 Å². The van der Waals surface area contributed by atoms with Gasteiger partial charge in [-0.05, 0) is 13.3 Å². The lowest BCUT2D eigenvalue weighted by Crippen LogP contribution is -2.34. The summed E-state index contributed by atoms with van der Waals surface area (Å²) >= 11 is 0. The number of carbonyl (C=O) groups excluding carboxylic acids is 1. The first-order chi connectivity index (χ1) is 7.70. The van der Waals surface area contributed by atoms with Crippen LogP contribution in [0, 0.1) is 0 Å². The summed E-state index contributed by atoms with van der Waals surface area (Å²) < 4.78 is 0. The Morgan fingerprint density at radius 1 is 1.44 bits per heavy atom. The molecule has 0 atom stereocenters. The van der Waals surface area contributed by atoms with Crippen molar-refractivity contribution < 1.29 is 4.79 Å². The van der Waals surface area contributed by atoms with Crippen molar-refractivity contribution in [3.8, 4) is 0 Å². The van der Waals surface area contributed by atoms with Crippen LogP contribution in [0.4, 0.5) is 0 Å². The molecule has 0 unspecified atom stereocenters. The van der Waals surface area contributed by atoms with E-state index >= 15 is 0 Å². The second-order valence-corrected chi connectivity index (χ2v) is 3.66. The van der Waals surface area contributed by atoms with E-state index in [0.29, 0.717) is 13.1 Å². The van der Waals surface area contributed by atoms with Gasteiger partial charge in [-0.2, -0.15) is 0 Å². The highest BCUT2D eigenvalue weighted by atomic mass is 16.2. The molecule has 1 heterocycles. The first kappa shape index (κ1) is 12.5. The lowest BCUT2D eigenvalue weighted by atomic mass is 10.2. The summed E-state index contributed by atoms with van der Waals surface area (Å²) in [4.78, 5) is 28.0. The molecule has 16 heavy (non-hydrogen) atoms. The molecular weight excluding hydrogens is 204 g/mol. The molecule has 0 aromatic carbocycles. The van der Waals surface area contributed by atoms with Crippen molar-refractivity contribution in [2.75, 3.05) is 13.1 Å². The van der Waals surface area contributed by atoms with Crippen LogP contribution < -0.4 is 5.43 Å². The molecule has 0 bridgehead atoms. The predicted molar refractivity (Wildman–Crippen MR) is 63.5 cm³/mol. The Kier molecular flexibility index (Phi) is 4.76. The van der Waals surface area contributed by atoms with Gasteiger partial charge in [0.2, 0.25) is 0 Å². The molecule has 1 N–H and O–H groups in total. The van der Waals surface area contributed by atoms with Crippen molar-refractivity contribution in [3.05, 3.63) is 34.2 Å². The molecule has 88 valence electrons. The van der Waals surface area contributed by atoms with E-state index < -0.39 is 0 Å². The second-order valence-electron chi connectivity index (χ2n) is 3.66. The van der Waals surface area contributed by atoms with Crippen LogP contribution in [0.25, 0.3) is 0 Å². The summed E-state index contributed by atoms with van der Waals surface area (Å²) in [5.41, 5.74) is -0.000786. The number of rotatable bonds is 5. The van der Waals surface area contributed by atoms with Gasteiger partial charge in [0, 0.05) is 31.5 Å². The minimum atomic E-state index is -0.223. The van der Waals surface area contributed by atoms with Crippen LogP contribution in [0.5, 0.6) is 0 Å². The Balaban J connectivity index is 2.83. The van der Waals surface area contributed by atoms with E-state index in [1.807, 2.05) is 6.92 Å². The molecule has 0 aliphatic rings. The molecule has 0 aliphatic carbocycles. The number of nitrogens with zero attached hydrogens (tertiary/aromatic N) is 1. The monoisotopic (exact) mass is 222 g/mol. The third kappa shape index (κ3) is 2.95. The number of hydrogen-bond donors (Lipinski definition) is 1. The normalized spacial score (nSPS) is 10.1. The van der Waals surface area contributed by atoms with Crippen LogP contribution in [0.15, 0.2) is 23.3 Å². The third-order valence-corrected chi connectivity index (χ3v) is 2.50. The number of carbonyl (C=O) groups is 1. The topological polar surface area (TPSA) is 53.2 Å². The molecule has 4 nitrogen and oxygen atoms in total. The quantitative estimate of drug-likeness (QED) is 0.823. The molecule has 0 saturated heterocycles. The van der Waals surface area contributed by atoms with E-state index in [0.717, 1.165) is 12.8 Å². The summed E-state index contributed by atoms with van der Waals surface area (Å²) in [7, 11) is 0. The van der Waals surface area contributed by atoms with Crippen molar-refractivity contribution in [1.29, 1.82) is 0 Å². The fourth-order valence-electron chi connectivity index (χ4n) is 1.51. The average Bonchev–Trinajstić information content (AvgIpc) is 2.30. The zero-order valence-corrected chi connectivity index (χ0v) is 9.82. The van der Waals surface area contributed by atoms with Gasteiger partial charge in [0.15, 0.2) is 5.43 Å². The number of aromatic nitrogens is 1. The molecule has 0 aliphatic heterocycles. The van der Waals surface area contributed by atoms with Gasteiger partial charge in [0.05, 0.1) is 0 Å². The van der Waals surface area contributed by atoms with Gasteiger partial charge in [-0.3, -0.25) is 9.59 Å². The Bertz CT molecular complexity index is 398. The summed E-state index contributed by atoms with van der Waals surface area (Å²) in [5.74, 6) is -0.183. The molecule has 0 spiro atoms. The van der Waals surface area contributed by atoms with E-state index in [2.05, 4.69) is 11.9 Å². The van der Waals surface area contributed by atoms with Gasteiger partial charge in [-0.1, -0.05) is 13.3 Å². The second kappa shape index (κ2) is 6.10. The number of amides is 1. The van der Waals surface area contributed by atoms with Crippen LogP contribution in [0.1, 0.15) is 37.0 Å². The van der Waals surface area contributed by atoms with Gasteiger partial charge in [-0.15, -0.1) is 0 Å². The first-order valence-electron chi connectivity index (χ1n) is 5.67. The minimum Gasteiger partial charge on any atom is -0.367 e. The predicted octanol–water partition coefficient (Wildman–Crippen LogP) is 1.64. The Hall–Kier alpha value is -1.58. The number of aromatic amines is 1. The molecule has 1 aromatic rings. The molecule has 0 saturated carbocycles. The number of hydrogen-bond acceptors (Lipinski definition) is 2. The Morgan fingerprint density at radius 2 is 2.19 bits per heavy atom. The highest BCUT2D eigenvalue weighted by molar-refractivity contribution is 5.93. The van der Waals surface area contributed by atoms with Crippen LogP contribution in [0.3, 0.4) is 0 Å². The number of unbranched alkanes of at least 4 members (excludes halogenated alkanes) is 1. The molecule has 1 amide bonds. The highest BCUT2D eigenvalue weighted by Gasteiger charge is 2.15. The minimum absolute atomic E-state index is 0.183. The maximum atomic E-state index is 12.0. The Morgan fingerprint density at radius 3 is 2.75 bits per heavy atom. The van der Waals surface area contributed by atoms with Crippen LogP contribution >= 0.6 is 0 Å². The molecular formula is C12H18N2O2. The van der Waals surface area contributed by atoms with Crippen LogP contribution in [-0.4, -0.2) is 28.9 Å². The summed E-state index contributed by atoms with van der Waals surface area (Å²) in [6, 6.07) is 1.38. The molecule has 1 rings (SSSR count). The third-order valence-electron chi connectivity index (χ3n) is 2.50. The van der Waals surface area contributed by atoms with E-state index in [1.165, 1.54) is 18.5 Å². The van der Waals surface area contributed by atoms with Crippen LogP contribution in [0.2, 0.25) is 0 Å². The lowest BCUT2D eigenvalue weighted by molar-refractivity contribution is 0.0760. The maximum Gasteiger partial charge on any atom is 0.259 e. The maximum absolute atomic E-state index is 12.0. The fourth-order valence-corrected chi connectivity index (χ4v) is 1.51. The highest BCUT2D eigenvalue weighted by Crippen LogP contribution is 2.01. The standard InChI is InChI=1S/C12H18N2O2/c1-3-5-8-14(4-2)12(16)10-9-13-7-6-11(10)15/h6-7,9H,3-5,8H2,1-2H3,(H,13,15). The number of nitrogens with one attached hydrogen (secondary N) is 1. The van der Waals surface area contributed by atoms with Crippen molar-refractivity contribution in [3.63, 3.8) is 0 Å². The molecule has 1 aromatic heterocycles. The van der Waals surface area contributed by atoms with Crippen molar-refractivity contribution in [2.24, 2.45) is 0 Å². The lowest BCUT2D eigenvalue weighted by Gasteiger charge is -2.20. The summed E-state index contributed by atoms with van der Waals surface area (Å²) in [5, 5.41) is 0. The summed E-state index contributed by atoms with van der Waals surface area (Å²) in [6.07, 6.45) is 5.00. The van der Waals surface area contributed by atoms with E-state index in [-0.39, 0.29) is 16.9 Å². The average molecular weight is 222 g/mol. The van der Waals surface area contributed by atoms with Crippen LogP contribution in [-0.2, 0) is 0 Å². The zero-order valence-electron chi connectivity index (χ0n) is 9.82. The van der Waals surface area contributed by atoms with E-state index in [1.54, 1.807) is 4.90 Å². The number of H-pyrrole nitrogens is 1. The number of pyridine rings is 1. The molecule has 0 fully saturated rings. The largest absolute Gasteiger partial charge is 0.367 e. The fraction of sp³-hybridized carbons (Fsp3) is 0.500. The van der Waals surface area contributed by atoms with Gasteiger partial charge in [-0.25, -0.2) is 0 Å². The van der Waals surface area contributed by atoms with Gasteiger partial charge < -0.3 is 9.88 Å². The van der Waals surface area contributed by atoms with Crippen molar-refractivity contribution in [2.45, 2.75) is 26.7 Å². The first-order valence-corrected chi connectivity index (χ1v) is 5.67. The van der Waals surface area contributed by atoms with Gasteiger partial charge in [0.25, 0.3) is 5.91 Å².